The number of fused-ring (bicyclic) bond motifs is 4. The van der Waals surface area contributed by atoms with Crippen LogP contribution >= 0.6 is 0 Å². The predicted molar refractivity (Wildman–Crippen MR) is 185 cm³/mol. The van der Waals surface area contributed by atoms with E-state index in [0.29, 0.717) is 41.6 Å². The topological polar surface area (TPSA) is 94.0 Å². The highest BCUT2D eigenvalue weighted by atomic mass is 17.2. The van der Waals surface area contributed by atoms with Crippen molar-refractivity contribution >= 4 is 11.7 Å². The lowest BCUT2D eigenvalue weighted by molar-refractivity contribution is -0.487. The summed E-state index contributed by atoms with van der Waals surface area (Å²) in [5.74, 6) is 2.24. The first-order valence-corrected chi connectivity index (χ1v) is 19.8. The zero-order valence-corrected chi connectivity index (χ0v) is 30.8. The van der Waals surface area contributed by atoms with Crippen LogP contribution in [0.3, 0.4) is 0 Å². The van der Waals surface area contributed by atoms with Gasteiger partial charge in [-0.25, -0.2) is 24.3 Å². The second-order valence-corrected chi connectivity index (χ2v) is 18.4. The highest BCUT2D eigenvalue weighted by Crippen LogP contribution is 2.63. The molecule has 0 aromatic heterocycles. The van der Waals surface area contributed by atoms with Gasteiger partial charge >= 0.3 is 5.97 Å². The Bertz CT molecular complexity index is 1500. The van der Waals surface area contributed by atoms with Gasteiger partial charge < -0.3 is 14.3 Å². The average molecular weight is 692 g/mol. The monoisotopic (exact) mass is 691 g/mol. The predicted octanol–water partition coefficient (Wildman–Crippen LogP) is 8.01. The zero-order valence-electron chi connectivity index (χ0n) is 30.8. The molecule has 1 aromatic rings. The van der Waals surface area contributed by atoms with Crippen molar-refractivity contribution in [3.63, 3.8) is 0 Å². The largest absolute Gasteiger partial charge is 0.371 e. The van der Waals surface area contributed by atoms with Crippen LogP contribution in [-0.2, 0) is 33.9 Å². The minimum absolute atomic E-state index is 0.0625. The first-order chi connectivity index (χ1) is 24.0. The van der Waals surface area contributed by atoms with Crippen molar-refractivity contribution in [2.24, 2.45) is 52.5 Å². The second-order valence-electron chi connectivity index (χ2n) is 18.4. The van der Waals surface area contributed by atoms with Crippen LogP contribution in [-0.4, -0.2) is 58.5 Å². The number of nitrogens with zero attached hydrogens (tertiary/aromatic N) is 1. The molecule has 0 amide bonds. The fourth-order valence-corrected chi connectivity index (χ4v) is 12.8. The Kier molecular flexibility index (Phi) is 8.19. The number of carbonyl (C=O) groups excluding carboxylic acids is 1. The Morgan fingerprint density at radius 3 is 1.88 bits per heavy atom. The lowest BCUT2D eigenvalue weighted by Crippen LogP contribution is -2.71. The number of oxime groups is 1. The molecule has 4 saturated carbocycles. The van der Waals surface area contributed by atoms with E-state index in [9.17, 15) is 4.79 Å². The van der Waals surface area contributed by atoms with Gasteiger partial charge in [0.25, 0.3) is 0 Å². The minimum Gasteiger partial charge on any atom is -0.371 e. The van der Waals surface area contributed by atoms with Crippen LogP contribution in [0.1, 0.15) is 123 Å². The lowest BCUT2D eigenvalue weighted by Gasteiger charge is -2.62. The second kappa shape index (κ2) is 12.1. The molecule has 274 valence electrons. The molecule has 6 heterocycles. The molecule has 6 aliphatic heterocycles. The molecule has 4 bridgehead atoms. The van der Waals surface area contributed by atoms with Gasteiger partial charge in [-0.15, -0.1) is 0 Å². The number of rotatable bonds is 5. The Balaban J connectivity index is 1.07. The van der Waals surface area contributed by atoms with E-state index in [1.165, 1.54) is 6.42 Å². The number of carbonyl (C=O) groups is 1. The first-order valence-electron chi connectivity index (χ1n) is 19.8. The van der Waals surface area contributed by atoms with E-state index in [-0.39, 0.29) is 53.4 Å². The number of ether oxygens (including phenoxy) is 2. The molecule has 50 heavy (non-hydrogen) atoms. The summed E-state index contributed by atoms with van der Waals surface area (Å²) in [6, 6.07) is 9.11. The SMILES string of the molecule is C[C@H]1[C@@H](/C(C[C@H]2O[C@@H]3C[C@@]4(C)CC[C@H]5[C@H](C)CC[C@@H]([C@H]2C)[C@@]35OO4)=N\OC(=O)c2ccccc2)O[C@@H]2C[C@@]3(C)CC[C@H]4[C@H](C)CC[C@@H]1[C@@]24OO3. The van der Waals surface area contributed by atoms with Gasteiger partial charge in [0.15, 0.2) is 0 Å². The van der Waals surface area contributed by atoms with E-state index in [1.54, 1.807) is 12.1 Å². The minimum atomic E-state index is -0.476. The summed E-state index contributed by atoms with van der Waals surface area (Å²) in [6.45, 7) is 13.7. The third-order valence-electron chi connectivity index (χ3n) is 15.5. The van der Waals surface area contributed by atoms with Crippen LogP contribution in [0, 0.1) is 47.3 Å². The van der Waals surface area contributed by atoms with Crippen molar-refractivity contribution in [2.45, 2.75) is 159 Å². The standard InChI is InChI=1S/C41H57NO8/c1-23-12-14-30-25(3)33(44-34-21-38(5)18-16-28(23)40(30,34)49-47-38)20-32(42-46-37(43)27-10-8-7-9-11-27)36-26(4)31-15-13-24(2)29-17-19-39(6)22-35(45-36)41(29,31)50-48-39/h7-11,23-26,28-31,33-36H,12-22H2,1-6H3/b42-32-/t23-,24-,25-,26-,28+,29+,30+,31+,33-,34-,35-,36+,38-,39-,40-,41-/m1/s1. The van der Waals surface area contributed by atoms with Crippen molar-refractivity contribution in [3.8, 4) is 0 Å². The zero-order chi connectivity index (χ0) is 34.6. The summed E-state index contributed by atoms with van der Waals surface area (Å²) in [5.41, 5.74) is -0.416. The van der Waals surface area contributed by atoms with Gasteiger partial charge in [-0.3, -0.25) is 0 Å². The highest BCUT2D eigenvalue weighted by Gasteiger charge is 2.70. The summed E-state index contributed by atoms with van der Waals surface area (Å²) in [5, 5.41) is 4.77. The summed E-state index contributed by atoms with van der Waals surface area (Å²) >= 11 is 0. The van der Waals surface area contributed by atoms with Gasteiger partial charge in [0, 0.05) is 19.3 Å². The molecular weight excluding hydrogens is 634 g/mol. The number of hydrogen-bond acceptors (Lipinski definition) is 9. The Morgan fingerprint density at radius 2 is 1.28 bits per heavy atom. The maximum Gasteiger partial charge on any atom is 0.365 e. The van der Waals surface area contributed by atoms with E-state index < -0.39 is 17.2 Å². The molecular formula is C41H57NO8. The average Bonchev–Trinajstić information content (AvgIpc) is 3.48. The van der Waals surface area contributed by atoms with E-state index in [4.69, 9.17) is 39.0 Å². The van der Waals surface area contributed by atoms with Crippen LogP contribution in [0.2, 0.25) is 0 Å². The molecule has 9 heteroatoms. The maximum absolute atomic E-state index is 13.3. The Morgan fingerprint density at radius 1 is 0.720 bits per heavy atom. The Hall–Kier alpha value is -1.88. The number of benzene rings is 1. The van der Waals surface area contributed by atoms with E-state index in [1.807, 2.05) is 18.2 Å². The fourth-order valence-electron chi connectivity index (χ4n) is 12.8. The summed E-state index contributed by atoms with van der Waals surface area (Å²) in [6.07, 6.45) is 10.1. The van der Waals surface area contributed by atoms with E-state index in [2.05, 4.69) is 41.5 Å². The van der Waals surface area contributed by atoms with Crippen LogP contribution in [0.15, 0.2) is 35.5 Å². The summed E-state index contributed by atoms with van der Waals surface area (Å²) < 4.78 is 14.6. The van der Waals surface area contributed by atoms with Gasteiger partial charge in [0.1, 0.15) is 28.5 Å². The molecule has 4 aliphatic carbocycles. The van der Waals surface area contributed by atoms with Crippen LogP contribution in [0.5, 0.6) is 0 Å². The molecule has 9 nitrogen and oxygen atoms in total. The van der Waals surface area contributed by atoms with Crippen molar-refractivity contribution < 1.29 is 38.7 Å². The van der Waals surface area contributed by atoms with Crippen LogP contribution in [0.4, 0.5) is 0 Å². The van der Waals surface area contributed by atoms with Crippen molar-refractivity contribution in [3.05, 3.63) is 35.9 Å². The summed E-state index contributed by atoms with van der Waals surface area (Å²) in [7, 11) is 0. The fraction of sp³-hybridized carbons (Fsp3) is 0.805. The van der Waals surface area contributed by atoms with Crippen molar-refractivity contribution in [1.29, 1.82) is 0 Å². The molecule has 2 spiro atoms. The Labute approximate surface area is 297 Å². The van der Waals surface area contributed by atoms with Crippen LogP contribution in [0.25, 0.3) is 0 Å². The lowest BCUT2D eigenvalue weighted by atomic mass is 9.55. The molecule has 6 saturated heterocycles. The smallest absolute Gasteiger partial charge is 0.365 e. The molecule has 0 unspecified atom stereocenters. The number of hydrogen-bond donors (Lipinski definition) is 0. The highest BCUT2D eigenvalue weighted by molar-refractivity contribution is 5.92. The molecule has 16 atom stereocenters. The summed E-state index contributed by atoms with van der Waals surface area (Å²) in [4.78, 5) is 44.9. The van der Waals surface area contributed by atoms with Gasteiger partial charge in [-0.05, 0) is 125 Å². The van der Waals surface area contributed by atoms with Gasteiger partial charge in [0.05, 0.1) is 29.6 Å². The maximum atomic E-state index is 13.3. The van der Waals surface area contributed by atoms with E-state index >= 15 is 0 Å². The molecule has 0 N–H and O–H groups in total. The molecule has 1 aromatic carbocycles. The third-order valence-corrected chi connectivity index (χ3v) is 15.5. The van der Waals surface area contributed by atoms with E-state index in [0.717, 1.165) is 63.5 Å². The van der Waals surface area contributed by atoms with Crippen molar-refractivity contribution in [1.82, 2.24) is 0 Å². The van der Waals surface area contributed by atoms with Gasteiger partial charge in [-0.1, -0.05) is 51.0 Å². The molecule has 11 rings (SSSR count). The van der Waals surface area contributed by atoms with Gasteiger partial charge in [0.2, 0.25) is 0 Å². The van der Waals surface area contributed by atoms with Crippen molar-refractivity contribution in [2.75, 3.05) is 0 Å². The van der Waals surface area contributed by atoms with Crippen LogP contribution < -0.4 is 0 Å². The quantitative estimate of drug-likeness (QED) is 0.133. The molecule has 10 fully saturated rings. The molecule has 0 radical (unpaired) electrons. The normalized spacial score (nSPS) is 52.3. The first kappa shape index (κ1) is 33.9. The molecule has 10 aliphatic rings. The third kappa shape index (κ3) is 4.99. The van der Waals surface area contributed by atoms with Gasteiger partial charge in [-0.2, -0.15) is 0 Å².